The fourth-order valence-electron chi connectivity index (χ4n) is 9.25. The molecule has 6 aromatic heterocycles. The Balaban J connectivity index is 1.19. The maximum atomic E-state index is 14.2. The molecule has 0 saturated heterocycles. The molecule has 15 heteroatoms. The van der Waals surface area contributed by atoms with E-state index in [1.807, 2.05) is 62.4 Å². The molecule has 0 bridgehead atoms. The van der Waals surface area contributed by atoms with E-state index in [1.165, 1.54) is 28.4 Å². The standard InChI is InChI=1S/C58H43N3O12/c1-7-61(8-2)36-14-13-32-16-39(55(62)71-50(32)23-36)45-18-33(20-47(59-45)41-28-43-51(68-5)24-37(66-3)26-53(43)72-57(41)64)34-19-46(40-17-35-15-30-11-9-10-12-31(30)22-49(35)70-56(40)63)60-48(21-34)42-29-44-52(69-6)25-38(67-4)27-54(44)73-58(42)65/h9-29H,7-8H2,1-6H3. The Labute approximate surface area is 414 Å². The van der Waals surface area contributed by atoms with Crippen molar-refractivity contribution in [2.45, 2.75) is 13.8 Å². The van der Waals surface area contributed by atoms with Crippen LogP contribution < -0.4 is 46.3 Å². The molecular weight excluding hydrogens is 931 g/mol. The molecule has 0 atom stereocenters. The van der Waals surface area contributed by atoms with Gasteiger partial charge in [-0.25, -0.2) is 29.1 Å². The summed E-state index contributed by atoms with van der Waals surface area (Å²) in [5.74, 6) is 1.55. The number of hydrogen-bond acceptors (Lipinski definition) is 15. The second-order valence-electron chi connectivity index (χ2n) is 17.2. The zero-order chi connectivity index (χ0) is 50.7. The van der Waals surface area contributed by atoms with Crippen molar-refractivity contribution in [2.75, 3.05) is 46.4 Å². The SMILES string of the molecule is CCN(CC)c1ccc2cc(-c3cc(-c4cc(-c5cc6cc7ccccc7cc6oc5=O)nc(-c5cc6c(OC)cc(OC)cc6oc5=O)c4)cc(-c4cc5c(OC)cc(OC)cc5oc4=O)n3)c(=O)oc2c1. The van der Waals surface area contributed by atoms with Gasteiger partial charge in [0.05, 0.1) is 84.2 Å². The molecule has 5 aromatic carbocycles. The fourth-order valence-corrected chi connectivity index (χ4v) is 9.25. The molecule has 6 heterocycles. The van der Waals surface area contributed by atoms with Crippen LogP contribution in [0.5, 0.6) is 23.0 Å². The third kappa shape index (κ3) is 8.25. The Bertz CT molecular complexity index is 4300. The summed E-state index contributed by atoms with van der Waals surface area (Å²) in [4.78, 5) is 68.8. The molecule has 0 spiro atoms. The molecule has 15 nitrogen and oxygen atoms in total. The molecule has 0 aliphatic rings. The first kappa shape index (κ1) is 45.9. The van der Waals surface area contributed by atoms with Gasteiger partial charge in [-0.1, -0.05) is 24.3 Å². The van der Waals surface area contributed by atoms with E-state index in [9.17, 15) is 19.2 Å². The lowest BCUT2D eigenvalue weighted by Crippen LogP contribution is -2.21. The molecule has 0 fully saturated rings. The Kier molecular flexibility index (Phi) is 11.5. The van der Waals surface area contributed by atoms with Crippen LogP contribution in [-0.2, 0) is 0 Å². The van der Waals surface area contributed by atoms with Gasteiger partial charge in [0.15, 0.2) is 0 Å². The molecule has 11 rings (SSSR count). The largest absolute Gasteiger partial charge is 0.496 e. The number of fused-ring (bicyclic) bond motifs is 5. The van der Waals surface area contributed by atoms with Crippen LogP contribution in [0.4, 0.5) is 5.69 Å². The van der Waals surface area contributed by atoms with Crippen LogP contribution in [0.3, 0.4) is 0 Å². The average Bonchev–Trinajstić information content (AvgIpc) is 3.40. The van der Waals surface area contributed by atoms with Crippen molar-refractivity contribution < 1.29 is 36.6 Å². The lowest BCUT2D eigenvalue weighted by atomic mass is 9.97. The zero-order valence-corrected chi connectivity index (χ0v) is 40.3. The molecule has 0 radical (unpaired) electrons. The van der Waals surface area contributed by atoms with E-state index in [2.05, 4.69) is 4.90 Å². The van der Waals surface area contributed by atoms with Crippen molar-refractivity contribution >= 4 is 60.3 Å². The summed E-state index contributed by atoms with van der Waals surface area (Å²) in [5, 5.41) is 3.95. The van der Waals surface area contributed by atoms with E-state index in [0.29, 0.717) is 66.8 Å². The maximum Gasteiger partial charge on any atom is 0.345 e. The summed E-state index contributed by atoms with van der Waals surface area (Å²) in [6.07, 6.45) is 0. The van der Waals surface area contributed by atoms with E-state index in [-0.39, 0.29) is 56.2 Å². The highest BCUT2D eigenvalue weighted by Gasteiger charge is 2.23. The normalized spacial score (nSPS) is 11.5. The van der Waals surface area contributed by atoms with Crippen molar-refractivity contribution in [3.8, 4) is 79.2 Å². The topological polar surface area (TPSA) is 187 Å². The van der Waals surface area contributed by atoms with Gasteiger partial charge in [-0.05, 0) is 109 Å². The van der Waals surface area contributed by atoms with Gasteiger partial charge in [0, 0.05) is 59.9 Å². The smallest absolute Gasteiger partial charge is 0.345 e. The predicted octanol–water partition coefficient (Wildman–Crippen LogP) is 11.3. The highest BCUT2D eigenvalue weighted by molar-refractivity contribution is 5.97. The average molecular weight is 974 g/mol. The third-order valence-corrected chi connectivity index (χ3v) is 13.0. The van der Waals surface area contributed by atoms with Gasteiger partial charge in [-0.2, -0.15) is 0 Å². The summed E-state index contributed by atoms with van der Waals surface area (Å²) in [5.41, 5.74) is 0.697. The highest BCUT2D eigenvalue weighted by Crippen LogP contribution is 2.38. The van der Waals surface area contributed by atoms with Crippen molar-refractivity contribution in [1.29, 1.82) is 0 Å². The maximum absolute atomic E-state index is 14.2. The Hall–Kier alpha value is -9.50. The van der Waals surface area contributed by atoms with Crippen molar-refractivity contribution in [2.24, 2.45) is 0 Å². The number of rotatable bonds is 12. The molecule has 0 saturated carbocycles. The Morgan fingerprint density at radius 3 is 1.29 bits per heavy atom. The highest BCUT2D eigenvalue weighted by atomic mass is 16.5. The first-order valence-corrected chi connectivity index (χ1v) is 23.2. The van der Waals surface area contributed by atoms with Crippen molar-refractivity contribution in [3.63, 3.8) is 0 Å². The fraction of sp³-hybridized carbons (Fsp3) is 0.138. The second kappa shape index (κ2) is 18.4. The Morgan fingerprint density at radius 2 is 0.836 bits per heavy atom. The second-order valence-corrected chi connectivity index (χ2v) is 17.2. The van der Waals surface area contributed by atoms with E-state index in [1.54, 1.807) is 78.9 Å². The van der Waals surface area contributed by atoms with Gasteiger partial charge in [-0.15, -0.1) is 0 Å². The van der Waals surface area contributed by atoms with Gasteiger partial charge in [0.2, 0.25) is 0 Å². The minimum absolute atomic E-state index is 0.0293. The number of hydrogen-bond donors (Lipinski definition) is 0. The third-order valence-electron chi connectivity index (χ3n) is 13.0. The quantitative estimate of drug-likeness (QED) is 0.0830. The molecule has 0 amide bonds. The summed E-state index contributed by atoms with van der Waals surface area (Å²) >= 11 is 0. The van der Waals surface area contributed by atoms with Crippen LogP contribution in [0.1, 0.15) is 13.8 Å². The molecule has 0 unspecified atom stereocenters. The predicted molar refractivity (Wildman–Crippen MR) is 281 cm³/mol. The molecule has 0 aliphatic heterocycles. The van der Waals surface area contributed by atoms with Gasteiger partial charge in [-0.3, -0.25) is 0 Å². The Morgan fingerprint density at radius 1 is 0.411 bits per heavy atom. The number of nitrogens with zero attached hydrogens (tertiary/aromatic N) is 3. The van der Waals surface area contributed by atoms with E-state index in [4.69, 9.17) is 46.6 Å². The number of benzene rings is 5. The molecule has 0 aliphatic carbocycles. The number of methoxy groups -OCH3 is 4. The van der Waals surface area contributed by atoms with Crippen LogP contribution in [-0.4, -0.2) is 51.5 Å². The molecule has 362 valence electrons. The van der Waals surface area contributed by atoms with Crippen LogP contribution in [0.25, 0.3) is 111 Å². The van der Waals surface area contributed by atoms with E-state index >= 15 is 0 Å². The van der Waals surface area contributed by atoms with E-state index in [0.717, 1.165) is 29.5 Å². The minimum Gasteiger partial charge on any atom is -0.496 e. The minimum atomic E-state index is -0.746. The monoisotopic (exact) mass is 973 g/mol. The van der Waals surface area contributed by atoms with Crippen LogP contribution in [0.15, 0.2) is 164 Å². The summed E-state index contributed by atoms with van der Waals surface area (Å²) in [6.45, 7) is 5.60. The zero-order valence-electron chi connectivity index (χ0n) is 40.3. The number of anilines is 1. The lowest BCUT2D eigenvalue weighted by Gasteiger charge is -2.21. The van der Waals surface area contributed by atoms with E-state index < -0.39 is 22.5 Å². The summed E-state index contributed by atoms with van der Waals surface area (Å²) in [7, 11) is 5.95. The number of ether oxygens (including phenoxy) is 4. The molecule has 11 aromatic rings. The van der Waals surface area contributed by atoms with Crippen LogP contribution >= 0.6 is 0 Å². The molecule has 73 heavy (non-hydrogen) atoms. The van der Waals surface area contributed by atoms with Gasteiger partial charge in [0.1, 0.15) is 45.3 Å². The molecule has 0 N–H and O–H groups in total. The lowest BCUT2D eigenvalue weighted by molar-refractivity contribution is 0.395. The van der Waals surface area contributed by atoms with Gasteiger partial charge < -0.3 is 41.5 Å². The van der Waals surface area contributed by atoms with Crippen LogP contribution in [0, 0.1) is 0 Å². The first-order chi connectivity index (χ1) is 35.4. The summed E-state index contributed by atoms with van der Waals surface area (Å²) < 4.78 is 46.1. The summed E-state index contributed by atoms with van der Waals surface area (Å²) in [6, 6.07) is 36.8. The van der Waals surface area contributed by atoms with Crippen molar-refractivity contribution in [1.82, 2.24) is 9.97 Å². The molecular formula is C58H43N3O12. The number of pyridine rings is 2. The van der Waals surface area contributed by atoms with Gasteiger partial charge in [0.25, 0.3) is 0 Å². The number of aromatic nitrogens is 2. The van der Waals surface area contributed by atoms with Crippen molar-refractivity contribution in [3.05, 3.63) is 169 Å². The van der Waals surface area contributed by atoms with Gasteiger partial charge >= 0.3 is 22.5 Å². The first-order valence-electron chi connectivity index (χ1n) is 23.2. The van der Waals surface area contributed by atoms with Crippen LogP contribution in [0.2, 0.25) is 0 Å².